The van der Waals surface area contributed by atoms with Crippen LogP contribution in [0.1, 0.15) is 17.4 Å². The van der Waals surface area contributed by atoms with Crippen LogP contribution in [0.25, 0.3) is 10.9 Å². The zero-order chi connectivity index (χ0) is 13.9. The first kappa shape index (κ1) is 12.4. The van der Waals surface area contributed by atoms with Gasteiger partial charge >= 0.3 is 0 Å². The summed E-state index contributed by atoms with van der Waals surface area (Å²) in [4.78, 5) is 16.1. The molecule has 2 heterocycles. The summed E-state index contributed by atoms with van der Waals surface area (Å²) >= 11 is 0. The van der Waals surface area contributed by atoms with Gasteiger partial charge in [0.2, 0.25) is 0 Å². The summed E-state index contributed by atoms with van der Waals surface area (Å²) in [5.74, 6) is -0.195. The van der Waals surface area contributed by atoms with Crippen LogP contribution in [0.3, 0.4) is 0 Å². The molecule has 1 N–H and O–H groups in total. The monoisotopic (exact) mass is 265 g/mol. The minimum absolute atomic E-state index is 0.195. The second-order valence-corrected chi connectivity index (χ2v) is 4.54. The van der Waals surface area contributed by atoms with E-state index in [0.717, 1.165) is 17.6 Å². The van der Waals surface area contributed by atoms with E-state index < -0.39 is 0 Å². The van der Waals surface area contributed by atoms with Crippen LogP contribution in [-0.2, 0) is 6.54 Å². The number of hydrogen-bond acceptors (Lipinski definition) is 2. The van der Waals surface area contributed by atoms with E-state index in [9.17, 15) is 4.79 Å². The summed E-state index contributed by atoms with van der Waals surface area (Å²) in [6.45, 7) is 3.04. The fraction of sp³-hybridized carbons (Fsp3) is 0.125. The van der Waals surface area contributed by atoms with Crippen LogP contribution in [0.5, 0.6) is 0 Å². The Morgan fingerprint density at radius 3 is 2.90 bits per heavy atom. The van der Waals surface area contributed by atoms with Crippen molar-refractivity contribution >= 4 is 22.5 Å². The van der Waals surface area contributed by atoms with Gasteiger partial charge in [-0.25, -0.2) is 0 Å². The van der Waals surface area contributed by atoms with Gasteiger partial charge in [0.1, 0.15) is 5.69 Å². The van der Waals surface area contributed by atoms with Gasteiger partial charge in [-0.2, -0.15) is 0 Å². The van der Waals surface area contributed by atoms with Crippen molar-refractivity contribution in [2.45, 2.75) is 13.5 Å². The predicted octanol–water partition coefficient (Wildman–Crippen LogP) is 3.31. The third kappa shape index (κ3) is 2.28. The Morgan fingerprint density at radius 2 is 2.15 bits per heavy atom. The topological polar surface area (TPSA) is 46.9 Å². The number of nitrogens with zero attached hydrogens (tertiary/aromatic N) is 2. The van der Waals surface area contributed by atoms with Gasteiger partial charge in [-0.3, -0.25) is 9.78 Å². The van der Waals surface area contributed by atoms with E-state index in [1.54, 1.807) is 24.4 Å². The number of pyridine rings is 1. The zero-order valence-electron chi connectivity index (χ0n) is 11.2. The molecule has 100 valence electrons. The molecular weight excluding hydrogens is 250 g/mol. The Labute approximate surface area is 117 Å². The minimum atomic E-state index is -0.195. The maximum atomic E-state index is 12.0. The van der Waals surface area contributed by atoms with Gasteiger partial charge in [0.15, 0.2) is 0 Å². The van der Waals surface area contributed by atoms with E-state index in [1.807, 2.05) is 18.2 Å². The van der Waals surface area contributed by atoms with Gasteiger partial charge in [-0.1, -0.05) is 6.07 Å². The molecule has 4 heteroatoms. The highest BCUT2D eigenvalue weighted by molar-refractivity contribution is 6.03. The van der Waals surface area contributed by atoms with Gasteiger partial charge in [0, 0.05) is 35.5 Å². The molecule has 0 aliphatic heterocycles. The van der Waals surface area contributed by atoms with Gasteiger partial charge < -0.3 is 9.88 Å². The molecule has 3 rings (SSSR count). The van der Waals surface area contributed by atoms with Gasteiger partial charge in [0.05, 0.1) is 0 Å². The van der Waals surface area contributed by atoms with E-state index in [1.165, 1.54) is 5.52 Å². The average Bonchev–Trinajstić information content (AvgIpc) is 2.90. The molecule has 1 amide bonds. The third-order valence-electron chi connectivity index (χ3n) is 3.27. The van der Waals surface area contributed by atoms with Crippen molar-refractivity contribution in [2.75, 3.05) is 5.32 Å². The molecule has 0 bridgehead atoms. The molecule has 0 atom stereocenters. The number of aryl methyl sites for hydroxylation is 1. The average molecular weight is 265 g/mol. The fourth-order valence-electron chi connectivity index (χ4n) is 2.25. The van der Waals surface area contributed by atoms with Gasteiger partial charge in [0.25, 0.3) is 5.91 Å². The molecule has 0 saturated heterocycles. The molecule has 0 fully saturated rings. The Bertz CT molecular complexity index is 747. The van der Waals surface area contributed by atoms with Crippen molar-refractivity contribution in [2.24, 2.45) is 0 Å². The van der Waals surface area contributed by atoms with Crippen molar-refractivity contribution in [3.8, 4) is 0 Å². The number of rotatable bonds is 3. The molecule has 1 aromatic carbocycles. The number of amides is 1. The SMILES string of the molecule is CCn1ccc2cc(NC(=O)c3ccccn3)ccc21. The zero-order valence-corrected chi connectivity index (χ0v) is 11.2. The quantitative estimate of drug-likeness (QED) is 0.789. The van der Waals surface area contributed by atoms with E-state index in [-0.39, 0.29) is 5.91 Å². The number of anilines is 1. The lowest BCUT2D eigenvalue weighted by Crippen LogP contribution is -2.13. The van der Waals surface area contributed by atoms with Gasteiger partial charge in [-0.15, -0.1) is 0 Å². The standard InChI is InChI=1S/C16H15N3O/c1-2-19-10-8-12-11-13(6-7-15(12)19)18-16(20)14-5-3-4-9-17-14/h3-11H,2H2,1H3,(H,18,20). The number of aromatic nitrogens is 2. The predicted molar refractivity (Wildman–Crippen MR) is 79.8 cm³/mol. The van der Waals surface area contributed by atoms with Crippen molar-refractivity contribution in [1.29, 1.82) is 0 Å². The first-order chi connectivity index (χ1) is 9.78. The van der Waals surface area contributed by atoms with Crippen LogP contribution in [0.15, 0.2) is 54.9 Å². The molecule has 0 aliphatic carbocycles. The Kier molecular flexibility index (Phi) is 3.21. The molecule has 2 aromatic heterocycles. The van der Waals surface area contributed by atoms with Crippen LogP contribution in [-0.4, -0.2) is 15.5 Å². The molecule has 0 unspecified atom stereocenters. The maximum Gasteiger partial charge on any atom is 0.274 e. The highest BCUT2D eigenvalue weighted by atomic mass is 16.1. The van der Waals surface area contributed by atoms with Crippen molar-refractivity contribution in [3.05, 3.63) is 60.6 Å². The lowest BCUT2D eigenvalue weighted by atomic mass is 10.2. The van der Waals surface area contributed by atoms with E-state index in [0.29, 0.717) is 5.69 Å². The Morgan fingerprint density at radius 1 is 1.25 bits per heavy atom. The normalized spacial score (nSPS) is 10.7. The number of carbonyl (C=O) groups excluding carboxylic acids is 1. The largest absolute Gasteiger partial charge is 0.348 e. The molecule has 20 heavy (non-hydrogen) atoms. The first-order valence-electron chi connectivity index (χ1n) is 6.59. The van der Waals surface area contributed by atoms with Crippen LogP contribution in [0.2, 0.25) is 0 Å². The third-order valence-corrected chi connectivity index (χ3v) is 3.27. The van der Waals surface area contributed by atoms with Crippen molar-refractivity contribution in [3.63, 3.8) is 0 Å². The summed E-state index contributed by atoms with van der Waals surface area (Å²) in [5.41, 5.74) is 2.36. The highest BCUT2D eigenvalue weighted by Crippen LogP contribution is 2.20. The highest BCUT2D eigenvalue weighted by Gasteiger charge is 2.07. The molecule has 0 aliphatic rings. The summed E-state index contributed by atoms with van der Waals surface area (Å²) in [6.07, 6.45) is 3.66. The van der Waals surface area contributed by atoms with Crippen LogP contribution in [0, 0.1) is 0 Å². The molecule has 0 radical (unpaired) electrons. The molecule has 0 spiro atoms. The van der Waals surface area contributed by atoms with Crippen LogP contribution >= 0.6 is 0 Å². The summed E-state index contributed by atoms with van der Waals surface area (Å²) in [5, 5.41) is 3.98. The van der Waals surface area contributed by atoms with Crippen LogP contribution < -0.4 is 5.32 Å². The summed E-state index contributed by atoms with van der Waals surface area (Å²) in [7, 11) is 0. The van der Waals surface area contributed by atoms with Crippen molar-refractivity contribution < 1.29 is 4.79 Å². The van der Waals surface area contributed by atoms with Gasteiger partial charge in [-0.05, 0) is 43.3 Å². The van der Waals surface area contributed by atoms with Crippen LogP contribution in [0.4, 0.5) is 5.69 Å². The summed E-state index contributed by atoms with van der Waals surface area (Å²) in [6, 6.07) is 13.2. The second kappa shape index (κ2) is 5.17. The fourth-order valence-corrected chi connectivity index (χ4v) is 2.25. The molecule has 3 aromatic rings. The minimum Gasteiger partial charge on any atom is -0.348 e. The molecule has 4 nitrogen and oxygen atoms in total. The van der Waals surface area contributed by atoms with E-state index in [4.69, 9.17) is 0 Å². The summed E-state index contributed by atoms with van der Waals surface area (Å²) < 4.78 is 2.17. The van der Waals surface area contributed by atoms with Crippen molar-refractivity contribution in [1.82, 2.24) is 9.55 Å². The number of carbonyl (C=O) groups is 1. The second-order valence-electron chi connectivity index (χ2n) is 4.54. The number of nitrogens with one attached hydrogen (secondary N) is 1. The Balaban J connectivity index is 1.86. The van der Waals surface area contributed by atoms with E-state index >= 15 is 0 Å². The smallest absolute Gasteiger partial charge is 0.274 e. The van der Waals surface area contributed by atoms with E-state index in [2.05, 4.69) is 34.1 Å². The number of fused-ring (bicyclic) bond motifs is 1. The molecular formula is C16H15N3O. The first-order valence-corrected chi connectivity index (χ1v) is 6.59. The lowest BCUT2D eigenvalue weighted by molar-refractivity contribution is 0.102. The molecule has 0 saturated carbocycles. The number of hydrogen-bond donors (Lipinski definition) is 1. The Hall–Kier alpha value is -2.62. The number of benzene rings is 1. The maximum absolute atomic E-state index is 12.0. The lowest BCUT2D eigenvalue weighted by Gasteiger charge is -2.06.